The number of rotatable bonds is 4. The summed E-state index contributed by atoms with van der Waals surface area (Å²) in [5.41, 5.74) is 1.49. The summed E-state index contributed by atoms with van der Waals surface area (Å²) in [5.74, 6) is 0.700. The van der Waals surface area contributed by atoms with Gasteiger partial charge in [-0.1, -0.05) is 49.1 Å². The van der Waals surface area contributed by atoms with Crippen molar-refractivity contribution < 1.29 is 8.95 Å². The Balaban J connectivity index is 2.12. The van der Waals surface area contributed by atoms with Gasteiger partial charge in [0.15, 0.2) is 14.1 Å². The fourth-order valence-electron chi connectivity index (χ4n) is 1.67. The molecule has 3 nitrogen and oxygen atoms in total. The standard InChI is InChI=1S/C16H21Cl2NO2Si/c1-16(2,3)22(4,5)20-10-12-9-15(19-21-12)13-7-6-11(17)8-14(13)18/h6-9H,10H2,1-5H3. The van der Waals surface area contributed by atoms with Crippen molar-refractivity contribution in [3.63, 3.8) is 0 Å². The number of nitrogens with zero attached hydrogens (tertiary/aromatic N) is 1. The smallest absolute Gasteiger partial charge is 0.192 e. The van der Waals surface area contributed by atoms with Crippen LogP contribution in [0.1, 0.15) is 26.5 Å². The monoisotopic (exact) mass is 357 g/mol. The molecule has 0 fully saturated rings. The Labute approximate surface area is 142 Å². The van der Waals surface area contributed by atoms with Crippen molar-refractivity contribution in [2.24, 2.45) is 0 Å². The molecule has 0 radical (unpaired) electrons. The summed E-state index contributed by atoms with van der Waals surface area (Å²) in [7, 11) is -1.81. The zero-order valence-electron chi connectivity index (χ0n) is 13.5. The first kappa shape index (κ1) is 17.5. The van der Waals surface area contributed by atoms with E-state index in [2.05, 4.69) is 39.0 Å². The van der Waals surface area contributed by atoms with Crippen LogP contribution in [0.2, 0.25) is 28.2 Å². The van der Waals surface area contributed by atoms with Gasteiger partial charge in [-0.2, -0.15) is 0 Å². The highest BCUT2D eigenvalue weighted by atomic mass is 35.5. The molecule has 0 saturated carbocycles. The van der Waals surface area contributed by atoms with Gasteiger partial charge in [0.05, 0.1) is 11.6 Å². The highest BCUT2D eigenvalue weighted by molar-refractivity contribution is 6.74. The topological polar surface area (TPSA) is 35.3 Å². The van der Waals surface area contributed by atoms with Gasteiger partial charge >= 0.3 is 0 Å². The lowest BCUT2D eigenvalue weighted by molar-refractivity contribution is 0.230. The molecule has 0 saturated heterocycles. The maximum Gasteiger partial charge on any atom is 0.192 e. The van der Waals surface area contributed by atoms with Gasteiger partial charge in [0.2, 0.25) is 0 Å². The van der Waals surface area contributed by atoms with Crippen LogP contribution >= 0.6 is 23.2 Å². The van der Waals surface area contributed by atoms with E-state index in [1.54, 1.807) is 12.1 Å². The van der Waals surface area contributed by atoms with Crippen LogP contribution in [0, 0.1) is 0 Å². The lowest BCUT2D eigenvalue weighted by Crippen LogP contribution is -2.40. The molecule has 0 amide bonds. The molecular weight excluding hydrogens is 337 g/mol. The van der Waals surface area contributed by atoms with Gasteiger partial charge < -0.3 is 8.95 Å². The normalized spacial score (nSPS) is 12.7. The van der Waals surface area contributed by atoms with Crippen LogP contribution in [0.4, 0.5) is 0 Å². The van der Waals surface area contributed by atoms with E-state index in [4.69, 9.17) is 32.2 Å². The maximum atomic E-state index is 6.19. The highest BCUT2D eigenvalue weighted by Gasteiger charge is 2.37. The van der Waals surface area contributed by atoms with Gasteiger partial charge in [-0.25, -0.2) is 0 Å². The van der Waals surface area contributed by atoms with Crippen LogP contribution in [0.25, 0.3) is 11.3 Å². The van der Waals surface area contributed by atoms with Gasteiger partial charge in [0, 0.05) is 16.7 Å². The predicted octanol–water partition coefficient (Wildman–Crippen LogP) is 6.17. The molecule has 0 atom stereocenters. The van der Waals surface area contributed by atoms with Crippen molar-refractivity contribution in [3.8, 4) is 11.3 Å². The molecule has 0 aliphatic rings. The van der Waals surface area contributed by atoms with Crippen LogP contribution in [-0.2, 0) is 11.0 Å². The van der Waals surface area contributed by atoms with Gasteiger partial charge in [0.1, 0.15) is 5.69 Å². The number of hydrogen-bond acceptors (Lipinski definition) is 3. The second kappa shape index (κ2) is 6.36. The first-order valence-electron chi connectivity index (χ1n) is 7.15. The molecule has 0 bridgehead atoms. The summed E-state index contributed by atoms with van der Waals surface area (Å²) >= 11 is 12.1. The molecule has 2 aromatic rings. The van der Waals surface area contributed by atoms with E-state index < -0.39 is 8.32 Å². The van der Waals surface area contributed by atoms with E-state index in [9.17, 15) is 0 Å². The lowest BCUT2D eigenvalue weighted by Gasteiger charge is -2.35. The third-order valence-electron chi connectivity index (χ3n) is 4.15. The van der Waals surface area contributed by atoms with Crippen molar-refractivity contribution in [3.05, 3.63) is 40.1 Å². The van der Waals surface area contributed by atoms with Crippen LogP contribution in [0.5, 0.6) is 0 Å². The minimum atomic E-state index is -1.81. The van der Waals surface area contributed by atoms with Crippen LogP contribution < -0.4 is 0 Å². The summed E-state index contributed by atoms with van der Waals surface area (Å²) < 4.78 is 11.5. The molecule has 1 aromatic heterocycles. The Hall–Kier alpha value is -0.813. The van der Waals surface area contributed by atoms with E-state index >= 15 is 0 Å². The number of halogens is 2. The van der Waals surface area contributed by atoms with Crippen LogP contribution in [-0.4, -0.2) is 13.5 Å². The molecular formula is C16H21Cl2NO2Si. The molecule has 0 N–H and O–H groups in total. The number of hydrogen-bond donors (Lipinski definition) is 0. The first-order chi connectivity index (χ1) is 10.1. The molecule has 0 unspecified atom stereocenters. The maximum absolute atomic E-state index is 6.19. The summed E-state index contributed by atoms with van der Waals surface area (Å²) in [4.78, 5) is 0. The van der Waals surface area contributed by atoms with Crippen molar-refractivity contribution in [1.82, 2.24) is 5.16 Å². The molecule has 1 heterocycles. The van der Waals surface area contributed by atoms with Crippen molar-refractivity contribution in [2.75, 3.05) is 0 Å². The number of benzene rings is 1. The zero-order chi connectivity index (χ0) is 16.5. The van der Waals surface area contributed by atoms with Gasteiger partial charge in [-0.05, 0) is 36.3 Å². The van der Waals surface area contributed by atoms with Gasteiger partial charge in [-0.3, -0.25) is 0 Å². The predicted molar refractivity (Wildman–Crippen MR) is 93.9 cm³/mol. The van der Waals surface area contributed by atoms with Crippen molar-refractivity contribution >= 4 is 31.5 Å². The quantitative estimate of drug-likeness (QED) is 0.613. The van der Waals surface area contributed by atoms with E-state index in [1.165, 1.54) is 0 Å². The molecule has 2 rings (SSSR count). The lowest BCUT2D eigenvalue weighted by atomic mass is 10.1. The molecule has 120 valence electrons. The second-order valence-electron chi connectivity index (χ2n) is 6.85. The Bertz CT molecular complexity index is 662. The zero-order valence-corrected chi connectivity index (χ0v) is 16.0. The Morgan fingerprint density at radius 2 is 1.86 bits per heavy atom. The summed E-state index contributed by atoms with van der Waals surface area (Å²) in [6.07, 6.45) is 0. The SMILES string of the molecule is CC(C)(C)[Si](C)(C)OCc1cc(-c2ccc(Cl)cc2Cl)no1. The number of aromatic nitrogens is 1. The summed E-state index contributed by atoms with van der Waals surface area (Å²) in [5, 5.41) is 5.38. The van der Waals surface area contributed by atoms with Crippen LogP contribution in [0.3, 0.4) is 0 Å². The Morgan fingerprint density at radius 3 is 2.45 bits per heavy atom. The molecule has 6 heteroatoms. The fourth-order valence-corrected chi connectivity index (χ4v) is 3.11. The second-order valence-corrected chi connectivity index (χ2v) is 12.5. The third-order valence-corrected chi connectivity index (χ3v) is 9.17. The summed E-state index contributed by atoms with van der Waals surface area (Å²) in [6.45, 7) is 11.5. The van der Waals surface area contributed by atoms with Crippen molar-refractivity contribution in [2.45, 2.75) is 45.5 Å². The Morgan fingerprint density at radius 1 is 1.18 bits per heavy atom. The first-order valence-corrected chi connectivity index (χ1v) is 10.8. The molecule has 22 heavy (non-hydrogen) atoms. The third kappa shape index (κ3) is 3.93. The van der Waals surface area contributed by atoms with Crippen molar-refractivity contribution in [1.29, 1.82) is 0 Å². The van der Waals surface area contributed by atoms with E-state index in [1.807, 2.05) is 12.1 Å². The molecule has 0 spiro atoms. The average Bonchev–Trinajstić information content (AvgIpc) is 2.83. The minimum absolute atomic E-state index is 0.162. The summed E-state index contributed by atoms with van der Waals surface area (Å²) in [6, 6.07) is 7.17. The van der Waals surface area contributed by atoms with Crippen LogP contribution in [0.15, 0.2) is 28.8 Å². The molecule has 1 aromatic carbocycles. The molecule has 0 aliphatic carbocycles. The Kier molecular flexibility index (Phi) is 5.07. The van der Waals surface area contributed by atoms with Gasteiger partial charge in [0.25, 0.3) is 0 Å². The van der Waals surface area contributed by atoms with Gasteiger partial charge in [-0.15, -0.1) is 0 Å². The molecule has 0 aliphatic heterocycles. The largest absolute Gasteiger partial charge is 0.409 e. The minimum Gasteiger partial charge on any atom is -0.409 e. The van der Waals surface area contributed by atoms with E-state index in [0.717, 1.165) is 5.56 Å². The highest BCUT2D eigenvalue weighted by Crippen LogP contribution is 2.37. The van der Waals surface area contributed by atoms with E-state index in [0.29, 0.717) is 28.1 Å². The fraction of sp³-hybridized carbons (Fsp3) is 0.438. The van der Waals surface area contributed by atoms with E-state index in [-0.39, 0.29) is 5.04 Å². The average molecular weight is 358 g/mol.